The summed E-state index contributed by atoms with van der Waals surface area (Å²) in [4.78, 5) is 30.3. The van der Waals surface area contributed by atoms with E-state index in [0.29, 0.717) is 10.2 Å². The minimum atomic E-state index is -4.81. The lowest BCUT2D eigenvalue weighted by molar-refractivity contribution is -0.274. The molecule has 1 amide bonds. The molecule has 0 aliphatic carbocycles. The van der Waals surface area contributed by atoms with Gasteiger partial charge in [0.05, 0.1) is 5.39 Å². The van der Waals surface area contributed by atoms with Gasteiger partial charge in [-0.1, -0.05) is 6.92 Å². The number of alkyl halides is 3. The van der Waals surface area contributed by atoms with Crippen LogP contribution in [0, 0.1) is 0 Å². The highest BCUT2D eigenvalue weighted by Gasteiger charge is 2.31. The molecular formula is C16H12F3N3O3S. The molecule has 1 aromatic carbocycles. The quantitative estimate of drug-likeness (QED) is 0.750. The fraction of sp³-hybridized carbons (Fsp3) is 0.188. The summed E-state index contributed by atoms with van der Waals surface area (Å²) < 4.78 is 41.1. The predicted octanol–water partition coefficient (Wildman–Crippen LogP) is 3.30. The van der Waals surface area contributed by atoms with Gasteiger partial charge >= 0.3 is 6.36 Å². The molecule has 0 saturated heterocycles. The molecular weight excluding hydrogens is 371 g/mol. The molecule has 1 N–H and O–H groups in total. The molecule has 0 fully saturated rings. The number of ether oxygens (including phenoxy) is 1. The molecule has 0 radical (unpaired) electrons. The zero-order valence-corrected chi connectivity index (χ0v) is 14.1. The minimum absolute atomic E-state index is 0.0612. The molecule has 26 heavy (non-hydrogen) atoms. The Balaban J connectivity index is 1.80. The van der Waals surface area contributed by atoms with Gasteiger partial charge in [-0.05, 0) is 36.8 Å². The van der Waals surface area contributed by atoms with Gasteiger partial charge in [0, 0.05) is 10.4 Å². The van der Waals surface area contributed by atoms with Crippen LogP contribution in [0.15, 0.2) is 41.5 Å². The molecule has 10 heteroatoms. The highest BCUT2D eigenvalue weighted by atomic mass is 32.1. The van der Waals surface area contributed by atoms with Gasteiger partial charge in [0.1, 0.15) is 16.9 Å². The Kier molecular flexibility index (Phi) is 4.68. The predicted molar refractivity (Wildman–Crippen MR) is 90.1 cm³/mol. The smallest absolute Gasteiger partial charge is 0.406 e. The maximum absolute atomic E-state index is 12.4. The molecule has 0 spiro atoms. The van der Waals surface area contributed by atoms with Crippen LogP contribution >= 0.6 is 11.3 Å². The summed E-state index contributed by atoms with van der Waals surface area (Å²) in [7, 11) is 0. The third-order valence-corrected chi connectivity index (χ3v) is 4.61. The van der Waals surface area contributed by atoms with Gasteiger partial charge < -0.3 is 4.74 Å². The number of halogens is 3. The monoisotopic (exact) mass is 383 g/mol. The Hall–Kier alpha value is -2.88. The van der Waals surface area contributed by atoms with Gasteiger partial charge in [-0.15, -0.1) is 24.5 Å². The molecule has 136 valence electrons. The van der Waals surface area contributed by atoms with Crippen LogP contribution in [0.3, 0.4) is 0 Å². The van der Waals surface area contributed by atoms with E-state index in [-0.39, 0.29) is 5.56 Å². The standard InChI is InChI=1S/C16H12F3N3O3S/c1-2-11-7-12-14(26-11)20-8-22(15(12)24)21-13(23)9-3-5-10(6-4-9)25-16(17,18)19/h3-8H,2H2,1H3,(H,21,23). The van der Waals surface area contributed by atoms with Gasteiger partial charge in [-0.3, -0.25) is 15.0 Å². The van der Waals surface area contributed by atoms with E-state index in [4.69, 9.17) is 0 Å². The van der Waals surface area contributed by atoms with Crippen LogP contribution in [0.1, 0.15) is 22.2 Å². The van der Waals surface area contributed by atoms with Crippen LogP contribution in [-0.4, -0.2) is 21.9 Å². The van der Waals surface area contributed by atoms with E-state index in [1.54, 1.807) is 6.07 Å². The number of thiophene rings is 1. The number of benzene rings is 1. The van der Waals surface area contributed by atoms with Gasteiger partial charge in [0.25, 0.3) is 11.5 Å². The van der Waals surface area contributed by atoms with E-state index >= 15 is 0 Å². The first kappa shape index (κ1) is 17.9. The fourth-order valence-electron chi connectivity index (χ4n) is 2.21. The summed E-state index contributed by atoms with van der Waals surface area (Å²) in [5.41, 5.74) is 1.99. The number of carbonyl (C=O) groups is 1. The second kappa shape index (κ2) is 6.79. The number of amides is 1. The molecule has 2 heterocycles. The average molecular weight is 383 g/mol. The van der Waals surface area contributed by atoms with Crippen LogP contribution in [-0.2, 0) is 6.42 Å². The van der Waals surface area contributed by atoms with Crippen molar-refractivity contribution in [3.63, 3.8) is 0 Å². The molecule has 0 unspecified atom stereocenters. The molecule has 0 bridgehead atoms. The number of hydrogen-bond acceptors (Lipinski definition) is 5. The van der Waals surface area contributed by atoms with Crippen molar-refractivity contribution in [1.29, 1.82) is 0 Å². The van der Waals surface area contributed by atoms with E-state index in [2.05, 4.69) is 15.1 Å². The summed E-state index contributed by atoms with van der Waals surface area (Å²) in [5, 5.41) is 0.392. The molecule has 2 aromatic heterocycles. The van der Waals surface area contributed by atoms with Gasteiger partial charge in [0.2, 0.25) is 0 Å². The van der Waals surface area contributed by atoms with Crippen molar-refractivity contribution < 1.29 is 22.7 Å². The number of fused-ring (bicyclic) bond motifs is 1. The van der Waals surface area contributed by atoms with Crippen molar-refractivity contribution in [3.8, 4) is 5.75 Å². The number of aromatic nitrogens is 2. The number of nitrogens with one attached hydrogen (secondary N) is 1. The Morgan fingerprint density at radius 2 is 2.00 bits per heavy atom. The highest BCUT2D eigenvalue weighted by Crippen LogP contribution is 2.23. The Morgan fingerprint density at radius 3 is 2.62 bits per heavy atom. The van der Waals surface area contributed by atoms with Gasteiger partial charge in [-0.2, -0.15) is 0 Å². The lowest BCUT2D eigenvalue weighted by Gasteiger charge is -2.10. The Morgan fingerprint density at radius 1 is 1.31 bits per heavy atom. The van der Waals surface area contributed by atoms with E-state index in [1.165, 1.54) is 17.7 Å². The van der Waals surface area contributed by atoms with Crippen LogP contribution in [0.2, 0.25) is 0 Å². The Labute approximate surface area is 148 Å². The average Bonchev–Trinajstić information content (AvgIpc) is 3.01. The summed E-state index contributed by atoms with van der Waals surface area (Å²) >= 11 is 1.40. The van der Waals surface area contributed by atoms with Crippen molar-refractivity contribution in [2.75, 3.05) is 5.43 Å². The summed E-state index contributed by atoms with van der Waals surface area (Å²) in [5.74, 6) is -1.11. The van der Waals surface area contributed by atoms with E-state index in [0.717, 1.165) is 40.2 Å². The molecule has 0 saturated carbocycles. The zero-order valence-electron chi connectivity index (χ0n) is 13.3. The van der Waals surface area contributed by atoms with Gasteiger partial charge in [0.15, 0.2) is 0 Å². The zero-order chi connectivity index (χ0) is 18.9. The van der Waals surface area contributed by atoms with Crippen LogP contribution < -0.4 is 15.7 Å². The van der Waals surface area contributed by atoms with Gasteiger partial charge in [-0.25, -0.2) is 9.66 Å². The van der Waals surface area contributed by atoms with Crippen LogP contribution in [0.5, 0.6) is 5.75 Å². The topological polar surface area (TPSA) is 73.2 Å². The van der Waals surface area contributed by atoms with E-state index < -0.39 is 23.6 Å². The van der Waals surface area contributed by atoms with Crippen molar-refractivity contribution in [2.24, 2.45) is 0 Å². The number of nitrogens with zero attached hydrogens (tertiary/aromatic N) is 2. The maximum Gasteiger partial charge on any atom is 0.573 e. The van der Waals surface area contributed by atoms with Crippen molar-refractivity contribution in [3.05, 3.63) is 57.5 Å². The molecule has 0 aliphatic rings. The normalized spacial score (nSPS) is 11.5. The molecule has 0 atom stereocenters. The molecule has 0 aliphatic heterocycles. The van der Waals surface area contributed by atoms with Crippen molar-refractivity contribution in [1.82, 2.24) is 9.66 Å². The molecule has 3 aromatic rings. The van der Waals surface area contributed by atoms with Crippen molar-refractivity contribution >= 4 is 27.5 Å². The maximum atomic E-state index is 12.4. The molecule has 3 rings (SSSR count). The largest absolute Gasteiger partial charge is 0.573 e. The van der Waals surface area contributed by atoms with Crippen LogP contribution in [0.4, 0.5) is 13.2 Å². The minimum Gasteiger partial charge on any atom is -0.406 e. The van der Waals surface area contributed by atoms with Crippen molar-refractivity contribution in [2.45, 2.75) is 19.7 Å². The first-order chi connectivity index (χ1) is 12.3. The number of carbonyl (C=O) groups excluding carboxylic acids is 1. The summed E-state index contributed by atoms with van der Waals surface area (Å²) in [6.45, 7) is 1.96. The second-order valence-corrected chi connectivity index (χ2v) is 6.33. The fourth-order valence-corrected chi connectivity index (χ4v) is 3.13. The number of rotatable bonds is 4. The molecule has 6 nitrogen and oxygen atoms in total. The van der Waals surface area contributed by atoms with E-state index in [9.17, 15) is 22.8 Å². The first-order valence-electron chi connectivity index (χ1n) is 7.44. The lowest BCUT2D eigenvalue weighted by atomic mass is 10.2. The lowest BCUT2D eigenvalue weighted by Crippen LogP contribution is -2.33. The third kappa shape index (κ3) is 3.85. The Bertz CT molecular complexity index is 1010. The number of hydrogen-bond donors (Lipinski definition) is 1. The second-order valence-electron chi connectivity index (χ2n) is 5.22. The van der Waals surface area contributed by atoms with Crippen LogP contribution in [0.25, 0.3) is 10.2 Å². The third-order valence-electron chi connectivity index (χ3n) is 3.42. The number of aryl methyl sites for hydroxylation is 1. The summed E-state index contributed by atoms with van der Waals surface area (Å²) in [6.07, 6.45) is -2.85. The van der Waals surface area contributed by atoms with E-state index in [1.807, 2.05) is 6.92 Å². The highest BCUT2D eigenvalue weighted by molar-refractivity contribution is 7.18. The summed E-state index contributed by atoms with van der Waals surface area (Å²) in [6, 6.07) is 6.07. The SMILES string of the molecule is CCc1cc2c(=O)n(NC(=O)c3ccc(OC(F)(F)F)cc3)cnc2s1. The first-order valence-corrected chi connectivity index (χ1v) is 8.25.